The second kappa shape index (κ2) is 5.12. The van der Waals surface area contributed by atoms with Crippen LogP contribution in [-0.2, 0) is 6.42 Å². The van der Waals surface area contributed by atoms with Crippen LogP contribution in [-0.4, -0.2) is 24.5 Å². The van der Waals surface area contributed by atoms with E-state index in [1.807, 2.05) is 6.07 Å². The highest BCUT2D eigenvalue weighted by atomic mass is 15.1. The van der Waals surface area contributed by atoms with Crippen molar-refractivity contribution in [2.24, 2.45) is 11.3 Å². The molecular weight excluding hydrogens is 220 g/mol. The lowest BCUT2D eigenvalue weighted by Crippen LogP contribution is -2.49. The van der Waals surface area contributed by atoms with Crippen molar-refractivity contribution in [1.29, 1.82) is 5.26 Å². The van der Waals surface area contributed by atoms with Crippen molar-refractivity contribution in [3.05, 3.63) is 35.9 Å². The second-order valence-corrected chi connectivity index (χ2v) is 5.82. The van der Waals surface area contributed by atoms with Gasteiger partial charge in [-0.3, -0.25) is 0 Å². The van der Waals surface area contributed by atoms with E-state index >= 15 is 0 Å². The van der Waals surface area contributed by atoms with E-state index in [4.69, 9.17) is 0 Å². The fourth-order valence-electron chi connectivity index (χ4n) is 3.07. The zero-order valence-corrected chi connectivity index (χ0v) is 11.6. The Bertz CT molecular complexity index is 434. The Morgan fingerprint density at radius 3 is 2.61 bits per heavy atom. The molecule has 3 atom stereocenters. The molecule has 18 heavy (non-hydrogen) atoms. The van der Waals surface area contributed by atoms with Crippen LogP contribution in [0, 0.1) is 22.7 Å². The summed E-state index contributed by atoms with van der Waals surface area (Å²) in [4.78, 5) is 2.37. The number of rotatable bonds is 2. The van der Waals surface area contributed by atoms with Gasteiger partial charge < -0.3 is 4.90 Å². The topological polar surface area (TPSA) is 27.0 Å². The minimum absolute atomic E-state index is 0.201. The van der Waals surface area contributed by atoms with E-state index in [-0.39, 0.29) is 5.41 Å². The third kappa shape index (κ3) is 2.42. The van der Waals surface area contributed by atoms with Gasteiger partial charge in [0, 0.05) is 12.6 Å². The Morgan fingerprint density at radius 2 is 2.00 bits per heavy atom. The first-order chi connectivity index (χ1) is 8.57. The molecule has 0 spiro atoms. The van der Waals surface area contributed by atoms with Gasteiger partial charge in [-0.25, -0.2) is 0 Å². The maximum absolute atomic E-state index is 9.71. The summed E-state index contributed by atoms with van der Waals surface area (Å²) in [7, 11) is 2.16. The third-order valence-corrected chi connectivity index (χ3v) is 4.50. The molecule has 1 heterocycles. The zero-order valence-electron chi connectivity index (χ0n) is 11.6. The average molecular weight is 242 g/mol. The van der Waals surface area contributed by atoms with Gasteiger partial charge in [-0.15, -0.1) is 0 Å². The number of benzene rings is 1. The van der Waals surface area contributed by atoms with Gasteiger partial charge in [-0.1, -0.05) is 37.3 Å². The fraction of sp³-hybridized carbons (Fsp3) is 0.562. The minimum Gasteiger partial charge on any atom is -0.303 e. The molecule has 0 unspecified atom stereocenters. The van der Waals surface area contributed by atoms with Crippen LogP contribution in [0.15, 0.2) is 30.3 Å². The highest BCUT2D eigenvalue weighted by Crippen LogP contribution is 2.41. The average Bonchev–Trinajstić information content (AvgIpc) is 2.37. The number of piperidine rings is 1. The molecule has 1 aliphatic rings. The number of likely N-dealkylation sites (tertiary alicyclic amines) is 1. The van der Waals surface area contributed by atoms with Crippen molar-refractivity contribution in [2.75, 3.05) is 13.6 Å². The lowest BCUT2D eigenvalue weighted by molar-refractivity contribution is 0.0594. The Kier molecular flexibility index (Phi) is 3.73. The summed E-state index contributed by atoms with van der Waals surface area (Å²) in [5, 5.41) is 9.71. The van der Waals surface area contributed by atoms with Crippen LogP contribution in [0.3, 0.4) is 0 Å². The summed E-state index contributed by atoms with van der Waals surface area (Å²) < 4.78 is 0. The van der Waals surface area contributed by atoms with Crippen LogP contribution < -0.4 is 0 Å². The molecule has 0 bridgehead atoms. The molecule has 0 radical (unpaired) electrons. The van der Waals surface area contributed by atoms with E-state index in [1.54, 1.807) is 0 Å². The Balaban J connectivity index is 2.23. The molecule has 1 aromatic rings. The largest absolute Gasteiger partial charge is 0.303 e. The van der Waals surface area contributed by atoms with E-state index in [0.29, 0.717) is 12.0 Å². The summed E-state index contributed by atoms with van der Waals surface area (Å²) in [6.45, 7) is 5.46. The van der Waals surface area contributed by atoms with Gasteiger partial charge in [0.15, 0.2) is 0 Å². The van der Waals surface area contributed by atoms with Gasteiger partial charge in [0.05, 0.1) is 11.5 Å². The maximum Gasteiger partial charge on any atom is 0.0697 e. The third-order valence-electron chi connectivity index (χ3n) is 4.50. The summed E-state index contributed by atoms with van der Waals surface area (Å²) >= 11 is 0. The molecule has 2 rings (SSSR count). The number of nitriles is 1. The summed E-state index contributed by atoms with van der Waals surface area (Å²) in [5.41, 5.74) is 1.08. The molecule has 0 aromatic heterocycles. The highest BCUT2D eigenvalue weighted by molar-refractivity contribution is 5.21. The highest BCUT2D eigenvalue weighted by Gasteiger charge is 2.42. The summed E-state index contributed by atoms with van der Waals surface area (Å²) in [6.07, 6.45) is 1.85. The summed E-state index contributed by atoms with van der Waals surface area (Å²) in [5.74, 6) is 0.420. The molecule has 0 saturated carbocycles. The first-order valence-corrected chi connectivity index (χ1v) is 6.73. The predicted octanol–water partition coefficient (Wildman–Crippen LogP) is 3.10. The van der Waals surface area contributed by atoms with Crippen LogP contribution in [0.4, 0.5) is 0 Å². The van der Waals surface area contributed by atoms with Crippen LogP contribution >= 0.6 is 0 Å². The quantitative estimate of drug-likeness (QED) is 0.797. The molecule has 0 aliphatic carbocycles. The Labute approximate surface area is 110 Å². The van der Waals surface area contributed by atoms with Gasteiger partial charge in [-0.2, -0.15) is 5.26 Å². The minimum atomic E-state index is -0.201. The van der Waals surface area contributed by atoms with Crippen LogP contribution in [0.2, 0.25) is 0 Å². The van der Waals surface area contributed by atoms with Crippen molar-refractivity contribution >= 4 is 0 Å². The smallest absolute Gasteiger partial charge is 0.0697 e. The van der Waals surface area contributed by atoms with E-state index in [2.05, 4.69) is 56.1 Å². The zero-order chi connectivity index (χ0) is 13.2. The van der Waals surface area contributed by atoms with E-state index in [0.717, 1.165) is 19.4 Å². The second-order valence-electron chi connectivity index (χ2n) is 5.82. The van der Waals surface area contributed by atoms with Gasteiger partial charge in [0.1, 0.15) is 0 Å². The van der Waals surface area contributed by atoms with Gasteiger partial charge >= 0.3 is 0 Å². The fourth-order valence-corrected chi connectivity index (χ4v) is 3.07. The SMILES string of the molecule is C[C@@H]1C[C@](C#N)(Cc2ccccc2)[C@H](C)CN1C. The first kappa shape index (κ1) is 13.1. The van der Waals surface area contributed by atoms with E-state index < -0.39 is 0 Å². The predicted molar refractivity (Wildman–Crippen MR) is 74.1 cm³/mol. The Morgan fingerprint density at radius 1 is 1.33 bits per heavy atom. The molecule has 0 amide bonds. The molecule has 2 heteroatoms. The van der Waals surface area contributed by atoms with Crippen molar-refractivity contribution in [3.63, 3.8) is 0 Å². The first-order valence-electron chi connectivity index (χ1n) is 6.73. The molecule has 1 fully saturated rings. The molecule has 1 aromatic carbocycles. The monoisotopic (exact) mass is 242 g/mol. The lowest BCUT2D eigenvalue weighted by Gasteiger charge is -2.45. The van der Waals surface area contributed by atoms with E-state index in [9.17, 15) is 5.26 Å². The van der Waals surface area contributed by atoms with Gasteiger partial charge in [0.25, 0.3) is 0 Å². The van der Waals surface area contributed by atoms with Crippen molar-refractivity contribution < 1.29 is 0 Å². The normalized spacial score (nSPS) is 33.0. The van der Waals surface area contributed by atoms with Gasteiger partial charge in [-0.05, 0) is 38.3 Å². The van der Waals surface area contributed by atoms with Crippen molar-refractivity contribution in [3.8, 4) is 6.07 Å². The van der Waals surface area contributed by atoms with Gasteiger partial charge in [0.2, 0.25) is 0 Å². The standard InChI is InChI=1S/C16H22N2/c1-13-11-18(3)14(2)9-16(13,12-17)10-15-7-5-4-6-8-15/h4-8,13-14H,9-11H2,1-3H3/t13-,14-,16-/m1/s1. The van der Waals surface area contributed by atoms with Crippen LogP contribution in [0.25, 0.3) is 0 Å². The number of hydrogen-bond acceptors (Lipinski definition) is 2. The maximum atomic E-state index is 9.71. The molecule has 2 nitrogen and oxygen atoms in total. The number of hydrogen-bond donors (Lipinski definition) is 0. The van der Waals surface area contributed by atoms with Crippen molar-refractivity contribution in [1.82, 2.24) is 4.90 Å². The molecule has 96 valence electrons. The van der Waals surface area contributed by atoms with Crippen LogP contribution in [0.1, 0.15) is 25.8 Å². The van der Waals surface area contributed by atoms with Crippen LogP contribution in [0.5, 0.6) is 0 Å². The molecule has 1 aliphatic heterocycles. The Hall–Kier alpha value is -1.33. The summed E-state index contributed by atoms with van der Waals surface area (Å²) in [6, 6.07) is 13.5. The number of nitrogens with zero attached hydrogens (tertiary/aromatic N) is 2. The lowest BCUT2D eigenvalue weighted by atomic mass is 9.66. The molecule has 1 saturated heterocycles. The van der Waals surface area contributed by atoms with E-state index in [1.165, 1.54) is 5.56 Å². The molecule has 0 N–H and O–H groups in total. The van der Waals surface area contributed by atoms with Crippen molar-refractivity contribution in [2.45, 2.75) is 32.7 Å². The molecular formula is C16H22N2.